The van der Waals surface area contributed by atoms with Gasteiger partial charge < -0.3 is 66.7 Å². The van der Waals surface area contributed by atoms with Crippen molar-refractivity contribution in [2.45, 2.75) is 82.3 Å². The Morgan fingerprint density at radius 1 is 0.525 bits per heavy atom. The van der Waals surface area contributed by atoms with Crippen LogP contribution in [0.15, 0.2) is 42.5 Å². The molecule has 0 unspecified atom stereocenters. The van der Waals surface area contributed by atoms with Gasteiger partial charge in [0.05, 0.1) is 52.6 Å². The van der Waals surface area contributed by atoms with Crippen LogP contribution in [0.5, 0.6) is 0 Å². The predicted molar refractivity (Wildman–Crippen MR) is 287 cm³/mol. The van der Waals surface area contributed by atoms with Crippen LogP contribution in [-0.2, 0) is 59.0 Å². The smallest absolute Gasteiger partial charge is 0.326 e. The molecule has 2 fully saturated rings. The van der Waals surface area contributed by atoms with Crippen molar-refractivity contribution < 1.29 is 88.1 Å². The Labute approximate surface area is 463 Å². The van der Waals surface area contributed by atoms with Gasteiger partial charge in [-0.2, -0.15) is 0 Å². The van der Waals surface area contributed by atoms with Gasteiger partial charge in [0.15, 0.2) is 0 Å². The number of hydrogen-bond acceptors (Lipinski definition) is 16. The normalized spacial score (nSPS) is 19.1. The molecule has 2 aromatic rings. The fourth-order valence-corrected chi connectivity index (χ4v) is 9.39. The first-order valence-electron chi connectivity index (χ1n) is 27.0. The highest BCUT2D eigenvalue weighted by Gasteiger charge is 2.31. The molecule has 27 heteroatoms. The minimum Gasteiger partial charge on any atom is -0.481 e. The lowest BCUT2D eigenvalue weighted by Gasteiger charge is -2.30. The molecular weight excluding hydrogens is 1050 g/mol. The molecule has 1 saturated carbocycles. The Hall–Kier alpha value is -7.04. The van der Waals surface area contributed by atoms with E-state index in [1.165, 1.54) is 0 Å². The number of carbonyl (C=O) groups excluding carboxylic acids is 4. The van der Waals surface area contributed by atoms with Gasteiger partial charge in [0.2, 0.25) is 17.7 Å². The van der Waals surface area contributed by atoms with Crippen molar-refractivity contribution >= 4 is 70.3 Å². The number of carboxylic acid groups (broad SMARTS) is 6. The van der Waals surface area contributed by atoms with Crippen LogP contribution >= 0.6 is 0 Å². The largest absolute Gasteiger partial charge is 0.481 e. The average Bonchev–Trinajstić information content (AvgIpc) is 3.43. The Bertz CT molecular complexity index is 2370. The summed E-state index contributed by atoms with van der Waals surface area (Å²) in [7, 11) is 0. The summed E-state index contributed by atoms with van der Waals surface area (Å²) in [6.07, 6.45) is 1.92. The predicted octanol–water partition coefficient (Wildman–Crippen LogP) is -0.345. The number of urea groups is 1. The molecular formula is C53H79N9O18. The molecule has 2 aromatic carbocycles. The van der Waals surface area contributed by atoms with Crippen molar-refractivity contribution in [2.75, 3.05) is 118 Å². The maximum absolute atomic E-state index is 13.9. The van der Waals surface area contributed by atoms with Gasteiger partial charge in [0.1, 0.15) is 18.1 Å². The van der Waals surface area contributed by atoms with E-state index >= 15 is 0 Å². The standard InChI is InChI=1S/C53H79N9O18/c63-44(32-59-17-18-60(33-46(66)67)22-27-80-28-24-62(35-48(70)71)20-19-61(34-47(68)69)23-26-79-25-21-59)55-31-36-8-12-39(13-9-36)49(72)56-43(30-37-10-11-38-5-1-2-6-40(38)29-37)50(73)54-16-4-3-7-41(51(74)75)57-53(78)58-42(52(76)77)14-15-45(64)65/h1-2,5-6,10-11,29,36,39,41-43H,3-4,7-9,12-28,30-35H2,(H,54,73)(H,55,63)(H,56,72)(H,64,65)(H,66,67)(H,68,69)(H,70,71)(H,74,75)(H,76,77)(H2,57,58,78)/t36?,39?,41-,42-,43-/m0/s1. The molecule has 1 aliphatic carbocycles. The van der Waals surface area contributed by atoms with Crippen LogP contribution < -0.4 is 26.6 Å². The lowest BCUT2D eigenvalue weighted by atomic mass is 9.81. The molecule has 0 bridgehead atoms. The molecule has 444 valence electrons. The summed E-state index contributed by atoms with van der Waals surface area (Å²) in [4.78, 5) is 130. The van der Waals surface area contributed by atoms with Crippen LogP contribution in [0.2, 0.25) is 0 Å². The van der Waals surface area contributed by atoms with E-state index in [4.69, 9.17) is 14.6 Å². The van der Waals surface area contributed by atoms with E-state index in [0.29, 0.717) is 45.3 Å². The quantitative estimate of drug-likeness (QED) is 0.0510. The molecule has 27 nitrogen and oxygen atoms in total. The highest BCUT2D eigenvalue weighted by atomic mass is 16.5. The molecule has 1 saturated heterocycles. The van der Waals surface area contributed by atoms with Crippen LogP contribution in [0.4, 0.5) is 4.79 Å². The molecule has 11 N–H and O–H groups in total. The second-order valence-corrected chi connectivity index (χ2v) is 20.1. The van der Waals surface area contributed by atoms with Crippen molar-refractivity contribution in [1.29, 1.82) is 0 Å². The number of aliphatic carboxylic acids is 6. The number of nitrogens with zero attached hydrogens (tertiary/aromatic N) is 4. The molecule has 3 atom stereocenters. The van der Waals surface area contributed by atoms with E-state index in [1.807, 2.05) is 47.4 Å². The average molecular weight is 1130 g/mol. The van der Waals surface area contributed by atoms with E-state index < -0.39 is 84.6 Å². The van der Waals surface area contributed by atoms with Crippen molar-refractivity contribution in [3.8, 4) is 0 Å². The zero-order valence-corrected chi connectivity index (χ0v) is 45.1. The van der Waals surface area contributed by atoms with Gasteiger partial charge in [-0.3, -0.25) is 53.2 Å². The first kappa shape index (κ1) is 65.5. The molecule has 80 heavy (non-hydrogen) atoms. The fraction of sp³-hybridized carbons (Fsp3) is 0.623. The number of fused-ring (bicyclic) bond motifs is 1. The minimum absolute atomic E-state index is 0.0160. The van der Waals surface area contributed by atoms with Crippen LogP contribution in [-0.4, -0.2) is 246 Å². The molecule has 4 rings (SSSR count). The number of rotatable bonds is 27. The number of unbranched alkanes of at least 4 members (excludes halogenated alkanes) is 1. The number of nitrogens with one attached hydrogen (secondary N) is 5. The summed E-state index contributed by atoms with van der Waals surface area (Å²) in [6.45, 7) is 2.57. The highest BCUT2D eigenvalue weighted by Crippen LogP contribution is 2.29. The van der Waals surface area contributed by atoms with E-state index in [9.17, 15) is 73.5 Å². The second kappa shape index (κ2) is 35.5. The van der Waals surface area contributed by atoms with Crippen LogP contribution in [0.25, 0.3) is 10.8 Å². The van der Waals surface area contributed by atoms with Crippen molar-refractivity contribution in [1.82, 2.24) is 46.2 Å². The maximum atomic E-state index is 13.9. The van der Waals surface area contributed by atoms with E-state index in [-0.39, 0.29) is 142 Å². The molecule has 0 spiro atoms. The Morgan fingerprint density at radius 2 is 1.02 bits per heavy atom. The van der Waals surface area contributed by atoms with E-state index in [2.05, 4.69) is 26.6 Å². The summed E-state index contributed by atoms with van der Waals surface area (Å²) < 4.78 is 11.6. The van der Waals surface area contributed by atoms with Crippen LogP contribution in [0, 0.1) is 11.8 Å². The highest BCUT2D eigenvalue weighted by molar-refractivity contribution is 5.90. The fourth-order valence-electron chi connectivity index (χ4n) is 9.39. The summed E-state index contributed by atoms with van der Waals surface area (Å²) >= 11 is 0. The summed E-state index contributed by atoms with van der Waals surface area (Å²) in [5.41, 5.74) is 0.804. The lowest BCUT2D eigenvalue weighted by molar-refractivity contribution is -0.141. The number of hydrogen-bond donors (Lipinski definition) is 11. The Kier molecular flexibility index (Phi) is 29.1. The lowest BCUT2D eigenvalue weighted by Crippen LogP contribution is -2.51. The topological polar surface area (TPSA) is 384 Å². The number of carboxylic acids is 6. The van der Waals surface area contributed by atoms with Crippen molar-refractivity contribution in [2.24, 2.45) is 11.8 Å². The van der Waals surface area contributed by atoms with Gasteiger partial charge in [0.25, 0.3) is 0 Å². The van der Waals surface area contributed by atoms with Gasteiger partial charge in [-0.05, 0) is 73.6 Å². The maximum Gasteiger partial charge on any atom is 0.326 e. The van der Waals surface area contributed by atoms with Crippen LogP contribution in [0.3, 0.4) is 0 Å². The van der Waals surface area contributed by atoms with Gasteiger partial charge in [-0.15, -0.1) is 0 Å². The van der Waals surface area contributed by atoms with Gasteiger partial charge in [-0.1, -0.05) is 42.5 Å². The second-order valence-electron chi connectivity index (χ2n) is 20.1. The third-order valence-corrected chi connectivity index (χ3v) is 13.9. The first-order chi connectivity index (χ1) is 38.2. The first-order valence-corrected chi connectivity index (χ1v) is 27.0. The zero-order chi connectivity index (χ0) is 58.4. The van der Waals surface area contributed by atoms with E-state index in [1.54, 1.807) is 14.7 Å². The minimum atomic E-state index is -1.55. The number of amides is 5. The molecule has 0 aromatic heterocycles. The van der Waals surface area contributed by atoms with Crippen LogP contribution in [0.1, 0.15) is 63.4 Å². The summed E-state index contributed by atoms with van der Waals surface area (Å²) in [6, 6.07) is 8.45. The van der Waals surface area contributed by atoms with Gasteiger partial charge in [-0.25, -0.2) is 14.4 Å². The summed E-state index contributed by atoms with van der Waals surface area (Å²) in [5, 5.41) is 71.5. The monoisotopic (exact) mass is 1130 g/mol. The van der Waals surface area contributed by atoms with Crippen molar-refractivity contribution in [3.63, 3.8) is 0 Å². The molecule has 5 amide bonds. The van der Waals surface area contributed by atoms with Gasteiger partial charge >= 0.3 is 41.8 Å². The van der Waals surface area contributed by atoms with Gasteiger partial charge in [0, 0.05) is 84.2 Å². The third kappa shape index (κ3) is 26.3. The number of ether oxygens (including phenoxy) is 2. The SMILES string of the molecule is O=C(O)CC[C@H](NC(=O)N[C@@H](CCCCNC(=O)[C@H](Cc1ccc2ccccc2c1)NC(=O)C1CCC(CNC(=O)CN2CCOCCN(CC(=O)O)CCN(CC(=O)O)CCOCCN(CC(=O)O)CC2)CC1)C(=O)O)C(=O)O. The molecule has 0 radical (unpaired) electrons. The number of carbonyl (C=O) groups is 10. The Morgan fingerprint density at radius 3 is 1.52 bits per heavy atom. The summed E-state index contributed by atoms with van der Waals surface area (Å²) in [5.74, 6) is -8.60. The molecule has 2 aliphatic rings. The molecule has 1 aliphatic heterocycles. The Balaban J connectivity index is 1.30. The van der Waals surface area contributed by atoms with Crippen molar-refractivity contribution in [3.05, 3.63) is 48.0 Å². The zero-order valence-electron chi connectivity index (χ0n) is 45.1. The van der Waals surface area contributed by atoms with E-state index in [0.717, 1.165) is 16.3 Å². The molecule has 1 heterocycles. The third-order valence-electron chi connectivity index (χ3n) is 13.9. The number of benzene rings is 2.